The van der Waals surface area contributed by atoms with Gasteiger partial charge < -0.3 is 0 Å². The summed E-state index contributed by atoms with van der Waals surface area (Å²) in [5.74, 6) is -0.170. The standard InChI is InChI=1S/C16H11ClN4OS2/c1-9-10-8-13(14(22)19-16-18-6-7-23-16)24-15(10)21(20-9)12-5-3-2-4-11(12)17/h2-8H,1H3,(H,18,19,22). The smallest absolute Gasteiger partial charge is 0.267 e. The van der Waals surface area contributed by atoms with Gasteiger partial charge in [0, 0.05) is 17.0 Å². The van der Waals surface area contributed by atoms with Gasteiger partial charge in [-0.15, -0.1) is 22.7 Å². The van der Waals surface area contributed by atoms with E-state index in [2.05, 4.69) is 15.4 Å². The highest BCUT2D eigenvalue weighted by atomic mass is 35.5. The maximum atomic E-state index is 12.4. The predicted octanol–water partition coefficient (Wildman–Crippen LogP) is 4.76. The summed E-state index contributed by atoms with van der Waals surface area (Å²) < 4.78 is 1.79. The first-order chi connectivity index (χ1) is 11.6. The number of aromatic nitrogens is 3. The molecule has 120 valence electrons. The summed E-state index contributed by atoms with van der Waals surface area (Å²) in [5, 5.41) is 11.3. The van der Waals surface area contributed by atoms with E-state index in [0.29, 0.717) is 15.0 Å². The SMILES string of the molecule is Cc1nn(-c2ccccc2Cl)c2sc(C(=O)Nc3nccs3)cc12. The normalized spacial score (nSPS) is 11.1. The van der Waals surface area contributed by atoms with E-state index in [0.717, 1.165) is 21.6 Å². The van der Waals surface area contributed by atoms with E-state index in [1.54, 1.807) is 10.9 Å². The Morgan fingerprint density at radius 1 is 1.33 bits per heavy atom. The van der Waals surface area contributed by atoms with Crippen LogP contribution < -0.4 is 5.32 Å². The van der Waals surface area contributed by atoms with E-state index in [1.807, 2.05) is 42.6 Å². The van der Waals surface area contributed by atoms with Crippen molar-refractivity contribution in [3.05, 3.63) is 57.5 Å². The first kappa shape index (κ1) is 15.3. The average molecular weight is 375 g/mol. The number of hydrogen-bond donors (Lipinski definition) is 1. The van der Waals surface area contributed by atoms with Crippen molar-refractivity contribution in [1.82, 2.24) is 14.8 Å². The van der Waals surface area contributed by atoms with Gasteiger partial charge in [-0.3, -0.25) is 10.1 Å². The number of thiazole rings is 1. The number of carbonyl (C=O) groups excluding carboxylic acids is 1. The Hall–Kier alpha value is -2.22. The molecular weight excluding hydrogens is 364 g/mol. The molecule has 0 atom stereocenters. The minimum Gasteiger partial charge on any atom is -0.297 e. The van der Waals surface area contributed by atoms with Gasteiger partial charge in [0.15, 0.2) is 5.13 Å². The maximum absolute atomic E-state index is 12.4. The molecule has 1 amide bonds. The lowest BCUT2D eigenvalue weighted by Gasteiger charge is -2.04. The zero-order valence-corrected chi connectivity index (χ0v) is 14.9. The number of aryl methyl sites for hydroxylation is 1. The zero-order chi connectivity index (χ0) is 16.7. The summed E-state index contributed by atoms with van der Waals surface area (Å²) in [5.41, 5.74) is 1.65. The van der Waals surface area contributed by atoms with Crippen LogP contribution >= 0.6 is 34.3 Å². The second kappa shape index (κ2) is 6.01. The van der Waals surface area contributed by atoms with Crippen LogP contribution in [0.15, 0.2) is 41.9 Å². The number of nitrogens with zero attached hydrogens (tertiary/aromatic N) is 3. The number of nitrogens with one attached hydrogen (secondary N) is 1. The molecule has 0 radical (unpaired) electrons. The van der Waals surface area contributed by atoms with Crippen LogP contribution in [0.1, 0.15) is 15.4 Å². The van der Waals surface area contributed by atoms with Crippen LogP contribution in [0, 0.1) is 6.92 Å². The van der Waals surface area contributed by atoms with E-state index >= 15 is 0 Å². The van der Waals surface area contributed by atoms with Gasteiger partial charge in [-0.05, 0) is 25.1 Å². The highest BCUT2D eigenvalue weighted by Gasteiger charge is 2.18. The number of thiophene rings is 1. The summed E-state index contributed by atoms with van der Waals surface area (Å²) in [7, 11) is 0. The van der Waals surface area contributed by atoms with Crippen molar-refractivity contribution in [3.8, 4) is 5.69 Å². The van der Waals surface area contributed by atoms with E-state index in [1.165, 1.54) is 22.7 Å². The molecule has 0 saturated heterocycles. The van der Waals surface area contributed by atoms with Crippen LogP contribution in [0.4, 0.5) is 5.13 Å². The molecule has 0 aliphatic carbocycles. The van der Waals surface area contributed by atoms with Crippen LogP contribution in [0.5, 0.6) is 0 Å². The van der Waals surface area contributed by atoms with Gasteiger partial charge in [-0.25, -0.2) is 9.67 Å². The van der Waals surface area contributed by atoms with Gasteiger partial charge in [0.2, 0.25) is 0 Å². The van der Waals surface area contributed by atoms with Gasteiger partial charge in [0.1, 0.15) is 4.83 Å². The predicted molar refractivity (Wildman–Crippen MR) is 98.8 cm³/mol. The van der Waals surface area contributed by atoms with Gasteiger partial charge >= 0.3 is 0 Å². The fourth-order valence-electron chi connectivity index (χ4n) is 2.39. The summed E-state index contributed by atoms with van der Waals surface area (Å²) >= 11 is 9.06. The van der Waals surface area contributed by atoms with Crippen molar-refractivity contribution in [3.63, 3.8) is 0 Å². The third-order valence-electron chi connectivity index (χ3n) is 3.50. The molecule has 1 aromatic carbocycles. The molecule has 0 aliphatic heterocycles. The van der Waals surface area contributed by atoms with Crippen LogP contribution in [0.3, 0.4) is 0 Å². The summed E-state index contributed by atoms with van der Waals surface area (Å²) in [6, 6.07) is 9.37. The number of anilines is 1. The number of halogens is 1. The van der Waals surface area contributed by atoms with Crippen LogP contribution in [0.2, 0.25) is 5.02 Å². The van der Waals surface area contributed by atoms with Crippen LogP contribution in [-0.4, -0.2) is 20.7 Å². The third-order valence-corrected chi connectivity index (χ3v) is 5.62. The van der Waals surface area contributed by atoms with Crippen molar-refractivity contribution in [2.45, 2.75) is 6.92 Å². The first-order valence-electron chi connectivity index (χ1n) is 7.08. The average Bonchev–Trinajstić information content (AvgIpc) is 3.27. The number of hydrogen-bond acceptors (Lipinski definition) is 5. The number of amides is 1. The number of rotatable bonds is 3. The second-order valence-corrected chi connectivity index (χ2v) is 7.40. The van der Waals surface area contributed by atoms with Gasteiger partial charge in [-0.1, -0.05) is 23.7 Å². The van der Waals surface area contributed by atoms with Crippen molar-refractivity contribution in [2.24, 2.45) is 0 Å². The van der Waals surface area contributed by atoms with E-state index in [-0.39, 0.29) is 5.91 Å². The molecule has 24 heavy (non-hydrogen) atoms. The summed E-state index contributed by atoms with van der Waals surface area (Å²) in [4.78, 5) is 18.0. The molecule has 5 nitrogen and oxygen atoms in total. The molecule has 4 rings (SSSR count). The molecular formula is C16H11ClN4OS2. The Kier molecular flexibility index (Phi) is 3.84. The van der Waals surface area contributed by atoms with E-state index < -0.39 is 0 Å². The molecule has 0 spiro atoms. The highest BCUT2D eigenvalue weighted by molar-refractivity contribution is 7.20. The fraction of sp³-hybridized carbons (Fsp3) is 0.0625. The quantitative estimate of drug-likeness (QED) is 0.562. The van der Waals surface area contributed by atoms with E-state index in [4.69, 9.17) is 11.6 Å². The largest absolute Gasteiger partial charge is 0.297 e. The lowest BCUT2D eigenvalue weighted by molar-refractivity contribution is 0.103. The minimum atomic E-state index is -0.170. The van der Waals surface area contributed by atoms with Crippen molar-refractivity contribution in [1.29, 1.82) is 0 Å². The Morgan fingerprint density at radius 3 is 2.92 bits per heavy atom. The lowest BCUT2D eigenvalue weighted by Crippen LogP contribution is -2.09. The number of fused-ring (bicyclic) bond motifs is 1. The molecule has 0 bridgehead atoms. The molecule has 4 aromatic rings. The Bertz CT molecular complexity index is 1040. The molecule has 0 saturated carbocycles. The third kappa shape index (κ3) is 2.60. The molecule has 3 aromatic heterocycles. The molecule has 0 aliphatic rings. The number of benzene rings is 1. The van der Waals surface area contributed by atoms with Crippen molar-refractivity contribution >= 4 is 55.5 Å². The molecule has 1 N–H and O–H groups in total. The van der Waals surface area contributed by atoms with E-state index in [9.17, 15) is 4.79 Å². The number of carbonyl (C=O) groups is 1. The first-order valence-corrected chi connectivity index (χ1v) is 9.16. The topological polar surface area (TPSA) is 59.8 Å². The van der Waals surface area contributed by atoms with Gasteiger partial charge in [-0.2, -0.15) is 5.10 Å². The fourth-order valence-corrected chi connectivity index (χ4v) is 4.20. The maximum Gasteiger partial charge on any atom is 0.267 e. The molecule has 0 fully saturated rings. The van der Waals surface area contributed by atoms with Crippen molar-refractivity contribution in [2.75, 3.05) is 5.32 Å². The number of para-hydroxylation sites is 1. The molecule has 0 unspecified atom stereocenters. The summed E-state index contributed by atoms with van der Waals surface area (Å²) in [6.45, 7) is 1.92. The summed E-state index contributed by atoms with van der Waals surface area (Å²) in [6.07, 6.45) is 1.66. The van der Waals surface area contributed by atoms with Gasteiger partial charge in [0.25, 0.3) is 5.91 Å². The Morgan fingerprint density at radius 2 is 2.17 bits per heavy atom. The zero-order valence-electron chi connectivity index (χ0n) is 12.5. The second-order valence-electron chi connectivity index (χ2n) is 5.07. The van der Waals surface area contributed by atoms with Crippen LogP contribution in [0.25, 0.3) is 15.9 Å². The molecule has 8 heteroatoms. The van der Waals surface area contributed by atoms with Crippen LogP contribution in [-0.2, 0) is 0 Å². The highest BCUT2D eigenvalue weighted by Crippen LogP contribution is 2.32. The lowest BCUT2D eigenvalue weighted by atomic mass is 10.3. The van der Waals surface area contributed by atoms with Crippen molar-refractivity contribution < 1.29 is 4.79 Å². The molecule has 3 heterocycles. The Labute approximate surface area is 150 Å². The Balaban J connectivity index is 1.77. The van der Waals surface area contributed by atoms with Gasteiger partial charge in [0.05, 0.1) is 21.3 Å². The monoisotopic (exact) mass is 374 g/mol. The minimum absolute atomic E-state index is 0.170.